The molecule has 0 radical (unpaired) electrons. The van der Waals surface area contributed by atoms with Crippen molar-refractivity contribution in [3.8, 4) is 11.9 Å². The zero-order valence-corrected chi connectivity index (χ0v) is 18.8. The number of benzene rings is 1. The number of nitrogens with zero attached hydrogens (tertiary/aromatic N) is 2. The van der Waals surface area contributed by atoms with Gasteiger partial charge in [-0.2, -0.15) is 5.26 Å². The van der Waals surface area contributed by atoms with Crippen LogP contribution in [0.3, 0.4) is 0 Å². The van der Waals surface area contributed by atoms with Gasteiger partial charge in [0.2, 0.25) is 0 Å². The van der Waals surface area contributed by atoms with Gasteiger partial charge in [-0.3, -0.25) is 0 Å². The maximum absolute atomic E-state index is 14.2. The van der Waals surface area contributed by atoms with Gasteiger partial charge in [-0.15, -0.1) is 11.3 Å². The van der Waals surface area contributed by atoms with Crippen LogP contribution in [0.2, 0.25) is 0 Å². The Balaban J connectivity index is 1.65. The summed E-state index contributed by atoms with van der Waals surface area (Å²) in [5.41, 5.74) is 3.66. The molecule has 32 heavy (non-hydrogen) atoms. The van der Waals surface area contributed by atoms with Crippen LogP contribution < -0.4 is 4.74 Å². The number of rotatable bonds is 5. The van der Waals surface area contributed by atoms with Gasteiger partial charge < -0.3 is 29.7 Å². The van der Waals surface area contributed by atoms with E-state index in [-0.39, 0.29) is 0 Å². The van der Waals surface area contributed by atoms with Crippen LogP contribution in [0.25, 0.3) is 0 Å². The molecule has 172 valence electrons. The maximum atomic E-state index is 14.2. The highest BCUT2D eigenvalue weighted by Gasteiger charge is 2.46. The molecule has 4 rings (SSSR count). The molecule has 0 saturated carbocycles. The van der Waals surface area contributed by atoms with Gasteiger partial charge in [-0.1, -0.05) is 0 Å². The van der Waals surface area contributed by atoms with Gasteiger partial charge in [0.25, 0.3) is 0 Å². The van der Waals surface area contributed by atoms with Gasteiger partial charge in [0.15, 0.2) is 12.4 Å². The number of alkyl halides is 1. The van der Waals surface area contributed by atoms with Crippen LogP contribution in [-0.4, -0.2) is 65.0 Å². The van der Waals surface area contributed by atoms with Gasteiger partial charge in [0, 0.05) is 34.7 Å². The molecular formula is C23H27FN2O5S. The fraction of sp³-hybridized carbons (Fsp3) is 0.522. The fourth-order valence-electron chi connectivity index (χ4n) is 4.42. The molecule has 3 N–H and O–H groups in total. The van der Waals surface area contributed by atoms with E-state index in [1.807, 2.05) is 19.1 Å². The second-order valence-corrected chi connectivity index (χ2v) is 9.55. The lowest BCUT2D eigenvalue weighted by molar-refractivity contribution is -0.214. The number of aryl methyl sites for hydroxylation is 1. The van der Waals surface area contributed by atoms with E-state index in [0.717, 1.165) is 29.0 Å². The molecule has 2 aromatic rings. The van der Waals surface area contributed by atoms with Crippen LogP contribution in [0, 0.1) is 18.4 Å². The van der Waals surface area contributed by atoms with Crippen molar-refractivity contribution in [3.63, 3.8) is 0 Å². The minimum Gasteiger partial charge on any atom is -0.496 e. The monoisotopic (exact) mass is 462 g/mol. The summed E-state index contributed by atoms with van der Waals surface area (Å²) < 4.78 is 25.3. The fourth-order valence-corrected chi connectivity index (χ4v) is 5.62. The summed E-state index contributed by atoms with van der Waals surface area (Å²) in [5.74, 6) is 0.464. The topological polar surface area (TPSA) is 106 Å². The summed E-state index contributed by atoms with van der Waals surface area (Å²) in [6.07, 6.45) is -3.62. The Morgan fingerprint density at radius 1 is 1.31 bits per heavy atom. The smallest absolute Gasteiger partial charge is 0.179 e. The first-order valence-corrected chi connectivity index (χ1v) is 11.4. The largest absolute Gasteiger partial charge is 0.496 e. The summed E-state index contributed by atoms with van der Waals surface area (Å²) in [5, 5.41) is 39.3. The number of halogens is 1. The summed E-state index contributed by atoms with van der Waals surface area (Å²) in [6.45, 7) is 2.72. The number of aliphatic hydroxyl groups excluding tert-OH is 3. The van der Waals surface area contributed by atoms with E-state index in [2.05, 4.69) is 12.3 Å². The number of fused-ring (bicyclic) bond motifs is 1. The molecule has 0 bridgehead atoms. The van der Waals surface area contributed by atoms with Gasteiger partial charge in [0.1, 0.15) is 30.2 Å². The highest BCUT2D eigenvalue weighted by molar-refractivity contribution is 7.12. The van der Waals surface area contributed by atoms with Crippen LogP contribution in [0.1, 0.15) is 38.1 Å². The molecule has 2 aliphatic rings. The van der Waals surface area contributed by atoms with Crippen molar-refractivity contribution in [2.24, 2.45) is 0 Å². The number of nitriles is 1. The first-order valence-electron chi connectivity index (χ1n) is 10.5. The van der Waals surface area contributed by atoms with E-state index in [4.69, 9.17) is 14.7 Å². The molecular weight excluding hydrogens is 435 g/mol. The van der Waals surface area contributed by atoms with Crippen LogP contribution in [-0.2, 0) is 24.1 Å². The predicted octanol–water partition coefficient (Wildman–Crippen LogP) is 1.99. The van der Waals surface area contributed by atoms with Crippen molar-refractivity contribution in [1.29, 1.82) is 5.26 Å². The Labute approximate surface area is 190 Å². The van der Waals surface area contributed by atoms with E-state index >= 15 is 0 Å². The zero-order valence-electron chi connectivity index (χ0n) is 18.0. The second kappa shape index (κ2) is 9.33. The SMILES string of the molecule is COc1cc(C)c(Cc2cc3c(s2)CCN(C#N)C3)cc1[C@@H]1O[C@H](CO)[C@@H](F)[C@H](O)[C@H]1O. The van der Waals surface area contributed by atoms with E-state index in [0.29, 0.717) is 24.3 Å². The molecule has 2 aliphatic heterocycles. The Morgan fingerprint density at radius 2 is 2.09 bits per heavy atom. The molecule has 0 amide bonds. The zero-order chi connectivity index (χ0) is 23.0. The first-order chi connectivity index (χ1) is 15.4. The molecule has 0 aliphatic carbocycles. The Kier molecular flexibility index (Phi) is 6.70. The third-order valence-electron chi connectivity index (χ3n) is 6.26. The highest BCUT2D eigenvalue weighted by atomic mass is 32.1. The quantitative estimate of drug-likeness (QED) is 0.584. The third kappa shape index (κ3) is 4.21. The molecule has 3 heterocycles. The Hall–Kier alpha value is -2.22. The van der Waals surface area contributed by atoms with Crippen LogP contribution in [0.5, 0.6) is 5.75 Å². The summed E-state index contributed by atoms with van der Waals surface area (Å²) >= 11 is 1.74. The molecule has 7 nitrogen and oxygen atoms in total. The lowest BCUT2D eigenvalue weighted by atomic mass is 9.89. The van der Waals surface area contributed by atoms with E-state index in [1.165, 1.54) is 17.6 Å². The summed E-state index contributed by atoms with van der Waals surface area (Å²) in [4.78, 5) is 4.21. The van der Waals surface area contributed by atoms with Crippen molar-refractivity contribution in [2.75, 3.05) is 20.3 Å². The van der Waals surface area contributed by atoms with Gasteiger partial charge in [-0.25, -0.2) is 4.39 Å². The molecule has 1 fully saturated rings. The molecule has 0 unspecified atom stereocenters. The minimum absolute atomic E-state index is 0.464. The summed E-state index contributed by atoms with van der Waals surface area (Å²) in [6, 6.07) is 5.84. The second-order valence-electron chi connectivity index (χ2n) is 8.33. The predicted molar refractivity (Wildman–Crippen MR) is 116 cm³/mol. The van der Waals surface area contributed by atoms with E-state index in [1.54, 1.807) is 16.2 Å². The number of aliphatic hydroxyl groups is 3. The molecule has 9 heteroatoms. The van der Waals surface area contributed by atoms with Crippen LogP contribution in [0.4, 0.5) is 4.39 Å². The van der Waals surface area contributed by atoms with Crippen molar-refractivity contribution in [1.82, 2.24) is 4.90 Å². The highest BCUT2D eigenvalue weighted by Crippen LogP contribution is 2.40. The summed E-state index contributed by atoms with van der Waals surface area (Å²) in [7, 11) is 1.50. The average Bonchev–Trinajstić information content (AvgIpc) is 3.20. The van der Waals surface area contributed by atoms with Crippen molar-refractivity contribution in [3.05, 3.63) is 50.2 Å². The molecule has 1 saturated heterocycles. The van der Waals surface area contributed by atoms with Crippen molar-refractivity contribution < 1.29 is 29.2 Å². The van der Waals surface area contributed by atoms with Crippen LogP contribution >= 0.6 is 11.3 Å². The number of hydrogen-bond acceptors (Lipinski definition) is 8. The number of thiophene rings is 1. The number of hydrogen-bond donors (Lipinski definition) is 3. The third-order valence-corrected chi connectivity index (χ3v) is 7.50. The average molecular weight is 463 g/mol. The van der Waals surface area contributed by atoms with Gasteiger partial charge in [0.05, 0.1) is 20.3 Å². The van der Waals surface area contributed by atoms with Gasteiger partial charge in [-0.05, 0) is 41.8 Å². The molecule has 1 aromatic heterocycles. The first kappa shape index (κ1) is 23.0. The lowest BCUT2D eigenvalue weighted by Gasteiger charge is -2.39. The van der Waals surface area contributed by atoms with Crippen molar-refractivity contribution in [2.45, 2.75) is 56.9 Å². The molecule has 0 spiro atoms. The van der Waals surface area contributed by atoms with E-state index < -0.39 is 37.2 Å². The molecule has 1 aromatic carbocycles. The molecule has 5 atom stereocenters. The van der Waals surface area contributed by atoms with E-state index in [9.17, 15) is 19.7 Å². The van der Waals surface area contributed by atoms with Crippen LogP contribution in [0.15, 0.2) is 18.2 Å². The van der Waals surface area contributed by atoms with Gasteiger partial charge >= 0.3 is 0 Å². The Morgan fingerprint density at radius 3 is 2.78 bits per heavy atom. The number of methoxy groups -OCH3 is 1. The number of ether oxygens (including phenoxy) is 2. The standard InChI is InChI=1S/C23H27FN2O5S/c1-12-5-17(30-2)16(23-22(29)21(28)20(24)18(10-27)31-23)8-13(12)6-15-7-14-9-26(11-25)4-3-19(14)32-15/h5,7-8,18,20-23,27-29H,3-4,6,9-10H2,1-2H3/t18-,20-,21+,22-,23+/m1/s1. The maximum Gasteiger partial charge on any atom is 0.179 e. The lowest BCUT2D eigenvalue weighted by Crippen LogP contribution is -2.53. The minimum atomic E-state index is -1.88. The Bertz CT molecular complexity index is 1020. The van der Waals surface area contributed by atoms with Crippen molar-refractivity contribution >= 4 is 11.3 Å². The normalized spacial score (nSPS) is 27.7.